The maximum atomic E-state index is 11.3. The van der Waals surface area contributed by atoms with Gasteiger partial charge >= 0.3 is 0 Å². The minimum Gasteiger partial charge on any atom is -0.748 e. The number of nitrogens with zero attached hydrogens (tertiary/aromatic N) is 2. The smallest absolute Gasteiger partial charge is 0.265 e. The molecule has 210 valence electrons. The molecular formula is C25H26Cl2N2O7S3. The number of thiazole rings is 1. The summed E-state index contributed by atoms with van der Waals surface area (Å²) in [6.07, 6.45) is 4.75. The molecule has 0 saturated carbocycles. The normalized spacial score (nSPS) is 15.3. The highest BCUT2D eigenvalue weighted by atomic mass is 35.5. The summed E-state index contributed by atoms with van der Waals surface area (Å²) in [7, 11) is -8.46. The summed E-state index contributed by atoms with van der Waals surface area (Å²) in [5.41, 5.74) is 2.40. The van der Waals surface area contributed by atoms with Crippen molar-refractivity contribution in [1.82, 2.24) is 0 Å². The van der Waals surface area contributed by atoms with Crippen LogP contribution >= 0.6 is 34.5 Å². The highest BCUT2D eigenvalue weighted by Crippen LogP contribution is 2.41. The largest absolute Gasteiger partial charge is 0.748 e. The molecule has 0 bridgehead atoms. The van der Waals surface area contributed by atoms with Gasteiger partial charge in [0, 0.05) is 47.0 Å². The molecular weight excluding hydrogens is 607 g/mol. The van der Waals surface area contributed by atoms with Gasteiger partial charge in [0.2, 0.25) is 11.4 Å². The van der Waals surface area contributed by atoms with Gasteiger partial charge in [0.1, 0.15) is 4.70 Å². The number of aromatic nitrogens is 1. The molecule has 0 atom stereocenters. The summed E-state index contributed by atoms with van der Waals surface area (Å²) < 4.78 is 74.2. The fourth-order valence-corrected chi connectivity index (χ4v) is 6.65. The highest BCUT2D eigenvalue weighted by Gasteiger charge is 2.27. The van der Waals surface area contributed by atoms with E-state index in [4.69, 9.17) is 27.9 Å². The summed E-state index contributed by atoms with van der Waals surface area (Å²) in [4.78, 5) is 1.79. The number of fused-ring (bicyclic) bond motifs is 2. The van der Waals surface area contributed by atoms with E-state index in [2.05, 4.69) is 0 Å². The minimum absolute atomic E-state index is 0.106. The van der Waals surface area contributed by atoms with Crippen LogP contribution in [-0.4, -0.2) is 44.0 Å². The summed E-state index contributed by atoms with van der Waals surface area (Å²) in [5, 5.41) is 1.88. The quantitative estimate of drug-likeness (QED) is 0.224. The van der Waals surface area contributed by atoms with Crippen molar-refractivity contribution in [2.75, 3.05) is 23.0 Å². The van der Waals surface area contributed by atoms with Crippen molar-refractivity contribution < 1.29 is 35.2 Å². The lowest BCUT2D eigenvalue weighted by Crippen LogP contribution is -2.36. The van der Waals surface area contributed by atoms with Crippen LogP contribution in [0.15, 0.2) is 53.9 Å². The molecule has 1 aliphatic rings. The number of hydrogen-bond donors (Lipinski definition) is 1. The van der Waals surface area contributed by atoms with Crippen LogP contribution < -0.4 is 14.2 Å². The zero-order valence-electron chi connectivity index (χ0n) is 20.8. The van der Waals surface area contributed by atoms with Crippen molar-refractivity contribution in [1.29, 1.82) is 0 Å². The second-order valence-electron chi connectivity index (χ2n) is 8.88. The number of allylic oxidation sites excluding steroid dienone is 2. The first kappa shape index (κ1) is 29.8. The zero-order valence-corrected chi connectivity index (χ0v) is 24.8. The fourth-order valence-electron chi connectivity index (χ4n) is 4.19. The molecule has 0 radical (unpaired) electrons. The second-order valence-corrected chi connectivity index (χ2v) is 13.9. The first-order chi connectivity index (χ1) is 18.3. The van der Waals surface area contributed by atoms with Gasteiger partial charge in [0.15, 0.2) is 12.3 Å². The molecule has 1 N–H and O–H groups in total. The summed E-state index contributed by atoms with van der Waals surface area (Å²) in [6, 6.07) is 10.6. The molecule has 1 aliphatic heterocycles. The first-order valence-electron chi connectivity index (χ1n) is 12.0. The molecule has 4 rings (SSSR count). The highest BCUT2D eigenvalue weighted by molar-refractivity contribution is 7.85. The molecule has 0 aliphatic carbocycles. The molecule has 9 nitrogen and oxygen atoms in total. The Labute approximate surface area is 241 Å². The van der Waals surface area contributed by atoms with Gasteiger partial charge in [0.25, 0.3) is 15.1 Å². The van der Waals surface area contributed by atoms with E-state index < -0.39 is 26.0 Å². The van der Waals surface area contributed by atoms with Crippen molar-refractivity contribution in [3.05, 3.63) is 69.0 Å². The van der Waals surface area contributed by atoms with E-state index in [1.807, 2.05) is 35.8 Å². The third-order valence-electron chi connectivity index (χ3n) is 5.97. The average molecular weight is 634 g/mol. The lowest BCUT2D eigenvalue weighted by Gasteiger charge is -2.19. The lowest BCUT2D eigenvalue weighted by molar-refractivity contribution is -0.668. The Balaban J connectivity index is 1.71. The molecule has 1 aromatic heterocycles. The predicted molar refractivity (Wildman–Crippen MR) is 153 cm³/mol. The number of hydrogen-bond acceptors (Lipinski definition) is 8. The monoisotopic (exact) mass is 632 g/mol. The molecule has 39 heavy (non-hydrogen) atoms. The van der Waals surface area contributed by atoms with Crippen LogP contribution in [0.3, 0.4) is 0 Å². The van der Waals surface area contributed by atoms with E-state index in [0.29, 0.717) is 40.3 Å². The number of aryl methyl sites for hydroxylation is 1. The Bertz CT molecular complexity index is 1670. The van der Waals surface area contributed by atoms with E-state index in [1.54, 1.807) is 29.2 Å². The van der Waals surface area contributed by atoms with Gasteiger partial charge < -0.3 is 14.2 Å². The standard InChI is InChI=1S/C25H26Cl2N2O7S3/c1-2-17(13-24-28(9-3-11-38(30,31)32)20-15-18(26)5-7-22(20)36-24)14-25-29(10-4-12-39(33,34)35)21-16-19(27)6-8-23(21)37-25/h5-8,13-16H,2-4,9-12H2,1H3,(H-,30,31,32,33,34,35). The van der Waals surface area contributed by atoms with Gasteiger partial charge in [-0.15, -0.1) is 0 Å². The Morgan fingerprint density at radius 1 is 1.10 bits per heavy atom. The van der Waals surface area contributed by atoms with Crippen molar-refractivity contribution in [2.45, 2.75) is 32.7 Å². The number of ether oxygens (including phenoxy) is 1. The molecule has 2 aromatic carbocycles. The Hall–Kier alpha value is -2.19. The van der Waals surface area contributed by atoms with Crippen LogP contribution in [0.5, 0.6) is 5.75 Å². The third kappa shape index (κ3) is 7.94. The topological polar surface area (TPSA) is 128 Å². The van der Waals surface area contributed by atoms with Gasteiger partial charge in [-0.05, 0) is 48.7 Å². The molecule has 0 saturated heterocycles. The fraction of sp³-hybridized carbons (Fsp3) is 0.320. The van der Waals surface area contributed by atoms with Gasteiger partial charge in [-0.1, -0.05) is 41.5 Å². The molecule has 0 unspecified atom stereocenters. The molecule has 0 amide bonds. The number of rotatable bonds is 11. The van der Waals surface area contributed by atoms with Crippen molar-refractivity contribution in [3.63, 3.8) is 0 Å². The molecule has 0 fully saturated rings. The maximum Gasteiger partial charge on any atom is 0.265 e. The molecule has 3 aromatic rings. The van der Waals surface area contributed by atoms with Gasteiger partial charge in [-0.2, -0.15) is 13.0 Å². The summed E-state index contributed by atoms with van der Waals surface area (Å²) in [6.45, 7) is 2.55. The minimum atomic E-state index is -4.36. The number of benzene rings is 2. The van der Waals surface area contributed by atoms with Crippen LogP contribution in [0.4, 0.5) is 5.69 Å². The van der Waals surface area contributed by atoms with Gasteiger partial charge in [-0.3, -0.25) is 4.55 Å². The van der Waals surface area contributed by atoms with E-state index in [9.17, 15) is 25.9 Å². The number of anilines is 1. The van der Waals surface area contributed by atoms with Gasteiger partial charge in [0.05, 0.1) is 21.6 Å². The van der Waals surface area contributed by atoms with Crippen molar-refractivity contribution >= 4 is 76.8 Å². The molecule has 2 heterocycles. The van der Waals surface area contributed by atoms with Crippen LogP contribution in [0, 0.1) is 0 Å². The van der Waals surface area contributed by atoms with E-state index in [1.165, 1.54) is 11.3 Å². The zero-order chi connectivity index (χ0) is 28.4. The van der Waals surface area contributed by atoms with Crippen LogP contribution in [0.25, 0.3) is 16.3 Å². The SMILES string of the molecule is CCC(=Cc1sc2ccc(Cl)cc2[n+]1CCCS(=O)(=O)O)C=C1Oc2ccc(Cl)cc2N1CCCS(=O)(=O)[O-]. The third-order valence-corrected chi connectivity index (χ3v) is 9.15. The van der Waals surface area contributed by atoms with E-state index >= 15 is 0 Å². The summed E-state index contributed by atoms with van der Waals surface area (Å²) >= 11 is 13.9. The molecule has 0 spiro atoms. The van der Waals surface area contributed by atoms with Gasteiger partial charge in [-0.25, -0.2) is 8.42 Å². The Kier molecular flexibility index (Phi) is 9.26. The van der Waals surface area contributed by atoms with Crippen LogP contribution in [0.2, 0.25) is 10.0 Å². The van der Waals surface area contributed by atoms with Crippen molar-refractivity contribution in [3.8, 4) is 5.75 Å². The maximum absolute atomic E-state index is 11.3. The average Bonchev–Trinajstić information content (AvgIpc) is 3.34. The van der Waals surface area contributed by atoms with Crippen molar-refractivity contribution in [2.24, 2.45) is 0 Å². The summed E-state index contributed by atoms with van der Waals surface area (Å²) in [5.74, 6) is 0.152. The van der Waals surface area contributed by atoms with Crippen LogP contribution in [-0.2, 0) is 26.8 Å². The molecule has 14 heteroatoms. The first-order valence-corrected chi connectivity index (χ1v) is 16.8. The van der Waals surface area contributed by atoms with Crippen LogP contribution in [0.1, 0.15) is 31.2 Å². The van der Waals surface area contributed by atoms with E-state index in [-0.39, 0.29) is 25.1 Å². The second kappa shape index (κ2) is 12.1. The Morgan fingerprint density at radius 2 is 1.82 bits per heavy atom. The number of halogens is 2. The lowest BCUT2D eigenvalue weighted by atomic mass is 10.2. The Morgan fingerprint density at radius 3 is 2.51 bits per heavy atom. The predicted octanol–water partition coefficient (Wildman–Crippen LogP) is 5.24. The van der Waals surface area contributed by atoms with E-state index in [0.717, 1.165) is 20.8 Å².